The van der Waals surface area contributed by atoms with E-state index >= 15 is 0 Å². The second-order valence-electron chi connectivity index (χ2n) is 8.89. The number of nitrogens with zero attached hydrogens (tertiary/aromatic N) is 2. The Labute approximate surface area is 196 Å². The molecule has 2 amide bonds. The number of fused-ring (bicyclic) bond motifs is 1. The van der Waals surface area contributed by atoms with E-state index in [9.17, 15) is 24.6 Å². The summed E-state index contributed by atoms with van der Waals surface area (Å²) in [6, 6.07) is 6.07. The van der Waals surface area contributed by atoms with Crippen molar-refractivity contribution >= 4 is 46.8 Å². The third-order valence-corrected chi connectivity index (χ3v) is 9.29. The first-order valence-electron chi connectivity index (χ1n) is 10.7. The van der Waals surface area contributed by atoms with Crippen molar-refractivity contribution in [1.29, 1.82) is 0 Å². The van der Waals surface area contributed by atoms with Crippen molar-refractivity contribution in [3.63, 3.8) is 0 Å². The molecule has 0 radical (unpaired) electrons. The van der Waals surface area contributed by atoms with Crippen LogP contribution in [0.4, 0.5) is 5.69 Å². The molecule has 7 nitrogen and oxygen atoms in total. The van der Waals surface area contributed by atoms with Crippen LogP contribution in [0.3, 0.4) is 0 Å². The maximum atomic E-state index is 14.1. The molecule has 1 spiro atoms. The van der Waals surface area contributed by atoms with Crippen molar-refractivity contribution < 1.29 is 24.6 Å². The van der Waals surface area contributed by atoms with Gasteiger partial charge in [0.1, 0.15) is 6.04 Å². The van der Waals surface area contributed by atoms with Crippen molar-refractivity contribution in [2.24, 2.45) is 11.8 Å². The Kier molecular flexibility index (Phi) is 6.07. The van der Waals surface area contributed by atoms with Crippen LogP contribution in [0.5, 0.6) is 0 Å². The maximum absolute atomic E-state index is 14.1. The number of aliphatic carboxylic acids is 1. The van der Waals surface area contributed by atoms with E-state index < -0.39 is 33.3 Å². The zero-order chi connectivity index (χ0) is 23.3. The predicted octanol–water partition coefficient (Wildman–Crippen LogP) is 2.81. The van der Waals surface area contributed by atoms with E-state index in [-0.39, 0.29) is 31.5 Å². The van der Waals surface area contributed by atoms with Gasteiger partial charge in [-0.15, -0.1) is 18.3 Å². The van der Waals surface area contributed by atoms with E-state index in [1.165, 1.54) is 16.7 Å². The van der Waals surface area contributed by atoms with Gasteiger partial charge in [-0.05, 0) is 50.5 Å². The predicted molar refractivity (Wildman–Crippen MR) is 124 cm³/mol. The van der Waals surface area contributed by atoms with Crippen molar-refractivity contribution in [2.45, 2.75) is 41.7 Å². The number of hydrogen-bond donors (Lipinski definition) is 2. The van der Waals surface area contributed by atoms with Gasteiger partial charge >= 0.3 is 5.97 Å². The Morgan fingerprint density at radius 1 is 1.34 bits per heavy atom. The molecule has 0 saturated carbocycles. The summed E-state index contributed by atoms with van der Waals surface area (Å²) >= 11 is 7.52. The highest BCUT2D eigenvalue weighted by Gasteiger charge is 2.77. The molecule has 1 aromatic carbocycles. The van der Waals surface area contributed by atoms with E-state index in [0.717, 1.165) is 0 Å². The number of carbonyl (C=O) groups is 3. The Bertz CT molecular complexity index is 956. The molecule has 2 bridgehead atoms. The summed E-state index contributed by atoms with van der Waals surface area (Å²) in [7, 11) is 0. The summed E-state index contributed by atoms with van der Waals surface area (Å²) in [5.74, 6) is -3.15. The monoisotopic (exact) mass is 478 g/mol. The first kappa shape index (κ1) is 23.1. The average Bonchev–Trinajstić information content (AvgIpc) is 3.31. The van der Waals surface area contributed by atoms with Crippen LogP contribution in [0.15, 0.2) is 36.9 Å². The number of benzene rings is 1. The van der Waals surface area contributed by atoms with Crippen LogP contribution in [0.25, 0.3) is 0 Å². The molecule has 2 N–H and O–H groups in total. The van der Waals surface area contributed by atoms with Crippen LogP contribution < -0.4 is 4.90 Å². The number of carboxylic acids is 1. The van der Waals surface area contributed by atoms with E-state index in [1.54, 1.807) is 35.2 Å². The van der Waals surface area contributed by atoms with Crippen molar-refractivity contribution in [3.8, 4) is 0 Å². The van der Waals surface area contributed by atoms with Gasteiger partial charge in [0.05, 0.1) is 16.6 Å². The third kappa shape index (κ3) is 3.35. The minimum Gasteiger partial charge on any atom is -0.481 e. The molecule has 3 heterocycles. The topological polar surface area (TPSA) is 98.2 Å². The minimum absolute atomic E-state index is 0.122. The maximum Gasteiger partial charge on any atom is 0.308 e. The molecule has 172 valence electrons. The number of carboxylic acid groups (broad SMARTS) is 1. The lowest BCUT2D eigenvalue weighted by molar-refractivity contribution is -0.150. The Balaban J connectivity index is 1.79. The standard InChI is InChI=1S/C23H27ClN2O5S/c1-3-11-25(15-7-5-14(24)6-8-15)20(29)18-23-10-9-22(2,32-23)17(21(30)31)16(23)19(28)26(18)12-4-13-27/h3,5-8,16-18,27H,1,4,9-13H2,2H3,(H,30,31)/t16-,17+,18?,22-,23?/m0/s1. The number of aliphatic hydroxyl groups is 1. The molecule has 0 aliphatic carbocycles. The molecule has 4 rings (SSSR count). The summed E-state index contributed by atoms with van der Waals surface area (Å²) < 4.78 is -1.38. The number of amides is 2. The normalized spacial score (nSPS) is 32.8. The van der Waals surface area contributed by atoms with Crippen molar-refractivity contribution in [1.82, 2.24) is 4.90 Å². The fourth-order valence-corrected chi connectivity index (χ4v) is 8.25. The summed E-state index contributed by atoms with van der Waals surface area (Å²) in [5, 5.41) is 19.9. The van der Waals surface area contributed by atoms with E-state index in [1.807, 2.05) is 6.92 Å². The van der Waals surface area contributed by atoms with Gasteiger partial charge in [0.25, 0.3) is 5.91 Å². The first-order chi connectivity index (χ1) is 15.2. The number of anilines is 1. The summed E-state index contributed by atoms with van der Waals surface area (Å²) in [4.78, 5) is 43.0. The SMILES string of the molecule is C=CCN(C(=O)C1N(CCCO)C(=O)[C@@H]2[C@H](C(=O)O)[C@]3(C)CCC12S3)c1ccc(Cl)cc1. The number of likely N-dealkylation sites (tertiary alicyclic amines) is 1. The molecule has 3 aliphatic heterocycles. The number of rotatable bonds is 8. The lowest BCUT2D eigenvalue weighted by atomic mass is 9.66. The number of aliphatic hydroxyl groups excluding tert-OH is 1. The quantitative estimate of drug-likeness (QED) is 0.557. The van der Waals surface area contributed by atoms with Gasteiger partial charge in [-0.3, -0.25) is 14.4 Å². The summed E-state index contributed by atoms with van der Waals surface area (Å²) in [6.07, 6.45) is 3.18. The first-order valence-corrected chi connectivity index (χ1v) is 11.9. The van der Waals surface area contributed by atoms with Crippen LogP contribution in [0.2, 0.25) is 5.02 Å². The van der Waals surface area contributed by atoms with Gasteiger partial charge in [0.15, 0.2) is 0 Å². The van der Waals surface area contributed by atoms with Gasteiger partial charge < -0.3 is 20.0 Å². The number of thioether (sulfide) groups is 1. The molecule has 32 heavy (non-hydrogen) atoms. The van der Waals surface area contributed by atoms with E-state index in [0.29, 0.717) is 30.0 Å². The zero-order valence-corrected chi connectivity index (χ0v) is 19.4. The molecule has 3 fully saturated rings. The number of halogens is 1. The van der Waals surface area contributed by atoms with E-state index in [2.05, 4.69) is 6.58 Å². The Morgan fingerprint density at radius 3 is 2.62 bits per heavy atom. The number of hydrogen-bond acceptors (Lipinski definition) is 5. The zero-order valence-electron chi connectivity index (χ0n) is 17.9. The van der Waals surface area contributed by atoms with Gasteiger partial charge in [0.2, 0.25) is 5.91 Å². The highest BCUT2D eigenvalue weighted by molar-refractivity contribution is 8.02. The molecule has 2 unspecified atom stereocenters. The van der Waals surface area contributed by atoms with Crippen LogP contribution in [-0.2, 0) is 14.4 Å². The largest absolute Gasteiger partial charge is 0.481 e. The number of carbonyl (C=O) groups excluding carboxylic acids is 2. The second kappa shape index (κ2) is 8.39. The molecule has 5 atom stereocenters. The van der Waals surface area contributed by atoms with Gasteiger partial charge in [0, 0.05) is 35.2 Å². The molecule has 1 aromatic rings. The fourth-order valence-electron chi connectivity index (χ4n) is 5.78. The second-order valence-corrected chi connectivity index (χ2v) is 11.2. The average molecular weight is 479 g/mol. The summed E-state index contributed by atoms with van der Waals surface area (Å²) in [6.45, 7) is 6.00. The van der Waals surface area contributed by atoms with E-state index in [4.69, 9.17) is 11.6 Å². The van der Waals surface area contributed by atoms with Crippen LogP contribution in [0.1, 0.15) is 26.2 Å². The van der Waals surface area contributed by atoms with Gasteiger partial charge in [-0.25, -0.2) is 0 Å². The Hall–Kier alpha value is -2.03. The minimum atomic E-state index is -0.990. The van der Waals surface area contributed by atoms with Crippen LogP contribution in [-0.4, -0.2) is 68.1 Å². The molecule has 0 aromatic heterocycles. The van der Waals surface area contributed by atoms with Crippen molar-refractivity contribution in [3.05, 3.63) is 41.9 Å². The lowest BCUT2D eigenvalue weighted by Gasteiger charge is -2.37. The van der Waals surface area contributed by atoms with Gasteiger partial charge in [-0.1, -0.05) is 17.7 Å². The third-order valence-electron chi connectivity index (χ3n) is 7.05. The van der Waals surface area contributed by atoms with Crippen molar-refractivity contribution in [2.75, 3.05) is 24.6 Å². The lowest BCUT2D eigenvalue weighted by Crippen LogP contribution is -2.55. The van der Waals surface area contributed by atoms with Crippen LogP contribution in [0, 0.1) is 11.8 Å². The summed E-state index contributed by atoms with van der Waals surface area (Å²) in [5.41, 5.74) is 0.632. The fraction of sp³-hybridized carbons (Fsp3) is 0.522. The Morgan fingerprint density at radius 2 is 2.03 bits per heavy atom. The molecule has 3 saturated heterocycles. The molecule has 9 heteroatoms. The molecular weight excluding hydrogens is 452 g/mol. The van der Waals surface area contributed by atoms with Crippen LogP contribution >= 0.6 is 23.4 Å². The highest BCUT2D eigenvalue weighted by atomic mass is 35.5. The molecule has 3 aliphatic rings. The van der Waals surface area contributed by atoms with Gasteiger partial charge in [-0.2, -0.15) is 0 Å². The smallest absolute Gasteiger partial charge is 0.308 e. The molecular formula is C23H27ClN2O5S. The highest BCUT2D eigenvalue weighted by Crippen LogP contribution is 2.71.